The molecule has 0 saturated heterocycles. The van der Waals surface area contributed by atoms with E-state index in [-0.39, 0.29) is 16.4 Å². The molecule has 0 aliphatic rings. The molecule has 0 radical (unpaired) electrons. The topological polar surface area (TPSA) is 122 Å². The number of aryl methyl sites for hydroxylation is 1. The van der Waals surface area contributed by atoms with Gasteiger partial charge in [-0.15, -0.1) is 4.83 Å². The smallest absolute Gasteiger partial charge is 0.257 e. The number of hydrogen-bond acceptors (Lipinski definition) is 7. The molecule has 0 unspecified atom stereocenters. The molecule has 0 spiro atoms. The molecule has 3 aromatic carbocycles. The summed E-state index contributed by atoms with van der Waals surface area (Å²) in [5.41, 5.74) is 10.7. The van der Waals surface area contributed by atoms with E-state index in [9.17, 15) is 8.42 Å². The van der Waals surface area contributed by atoms with E-state index in [1.807, 2.05) is 49.4 Å². The van der Waals surface area contributed by atoms with Crippen LogP contribution < -0.4 is 21.3 Å². The van der Waals surface area contributed by atoms with E-state index >= 15 is 0 Å². The van der Waals surface area contributed by atoms with Crippen molar-refractivity contribution in [2.45, 2.75) is 11.8 Å². The predicted molar refractivity (Wildman–Crippen MR) is 119 cm³/mol. The minimum Gasteiger partial charge on any atom is -0.393 e. The molecular weight excluding hydrogens is 400 g/mol. The Labute approximate surface area is 174 Å². The van der Waals surface area contributed by atoms with E-state index in [4.69, 9.17) is 5.73 Å². The molecular formula is C21H20N6O2S. The zero-order valence-corrected chi connectivity index (χ0v) is 16.9. The van der Waals surface area contributed by atoms with Gasteiger partial charge in [-0.1, -0.05) is 54.1 Å². The molecule has 30 heavy (non-hydrogen) atoms. The quantitative estimate of drug-likeness (QED) is 0.352. The van der Waals surface area contributed by atoms with Crippen LogP contribution in [0.4, 0.5) is 23.0 Å². The molecule has 0 bridgehead atoms. The van der Waals surface area contributed by atoms with Gasteiger partial charge < -0.3 is 11.1 Å². The number of sulfonamides is 1. The van der Waals surface area contributed by atoms with Crippen LogP contribution >= 0.6 is 0 Å². The first-order valence-corrected chi connectivity index (χ1v) is 10.6. The Bertz CT molecular complexity index is 1300. The minimum atomic E-state index is -3.79. The zero-order valence-electron chi connectivity index (χ0n) is 16.1. The normalized spacial score (nSPS) is 11.4. The van der Waals surface area contributed by atoms with E-state index in [0.29, 0.717) is 5.82 Å². The van der Waals surface area contributed by atoms with Crippen LogP contribution in [0.2, 0.25) is 0 Å². The molecule has 1 aromatic heterocycles. The molecule has 4 rings (SSSR count). The van der Waals surface area contributed by atoms with Crippen molar-refractivity contribution in [3.8, 4) is 0 Å². The second-order valence-corrected chi connectivity index (χ2v) is 8.36. The van der Waals surface area contributed by atoms with Crippen LogP contribution in [0.3, 0.4) is 0 Å². The molecule has 152 valence electrons. The van der Waals surface area contributed by atoms with Crippen molar-refractivity contribution in [3.63, 3.8) is 0 Å². The fourth-order valence-electron chi connectivity index (χ4n) is 2.95. The highest BCUT2D eigenvalue weighted by Gasteiger charge is 2.16. The first kappa shape index (κ1) is 19.6. The number of nitrogens with zero attached hydrogens (tertiary/aromatic N) is 2. The highest BCUT2D eigenvalue weighted by molar-refractivity contribution is 7.89. The van der Waals surface area contributed by atoms with E-state index in [1.165, 1.54) is 18.5 Å². The van der Waals surface area contributed by atoms with Crippen LogP contribution in [0.1, 0.15) is 5.56 Å². The lowest BCUT2D eigenvalue weighted by atomic mass is 10.1. The lowest BCUT2D eigenvalue weighted by molar-refractivity contribution is 0.587. The average Bonchev–Trinajstić information content (AvgIpc) is 2.75. The summed E-state index contributed by atoms with van der Waals surface area (Å²) in [4.78, 5) is 10.7. The van der Waals surface area contributed by atoms with E-state index in [2.05, 4.69) is 25.5 Å². The third-order valence-corrected chi connectivity index (χ3v) is 5.83. The molecule has 0 amide bonds. The number of hydrazine groups is 1. The van der Waals surface area contributed by atoms with Gasteiger partial charge in [-0.25, -0.2) is 18.4 Å². The number of nitrogens with two attached hydrogens (primary N) is 1. The number of nitrogen functional groups attached to an aromatic ring is 1. The zero-order chi connectivity index (χ0) is 21.1. The summed E-state index contributed by atoms with van der Waals surface area (Å²) in [6, 6.07) is 20.3. The molecule has 0 fully saturated rings. The second-order valence-electron chi connectivity index (χ2n) is 6.68. The molecule has 8 nitrogen and oxygen atoms in total. The predicted octanol–water partition coefficient (Wildman–Crippen LogP) is 3.57. The van der Waals surface area contributed by atoms with Crippen molar-refractivity contribution >= 4 is 43.8 Å². The summed E-state index contributed by atoms with van der Waals surface area (Å²) in [7, 11) is -3.79. The Morgan fingerprint density at radius 3 is 2.37 bits per heavy atom. The average molecular weight is 420 g/mol. The number of hydrogen-bond donors (Lipinski definition) is 4. The van der Waals surface area contributed by atoms with Crippen LogP contribution in [-0.4, -0.2) is 18.4 Å². The van der Waals surface area contributed by atoms with Gasteiger partial charge in [-0.2, -0.15) is 0 Å². The number of benzene rings is 3. The molecule has 5 N–H and O–H groups in total. The molecule has 1 heterocycles. The summed E-state index contributed by atoms with van der Waals surface area (Å²) in [5, 5.41) is 5.27. The number of aromatic nitrogens is 2. The van der Waals surface area contributed by atoms with E-state index in [0.717, 1.165) is 22.0 Å². The Hall–Kier alpha value is -3.69. The maximum atomic E-state index is 12.5. The van der Waals surface area contributed by atoms with Crippen molar-refractivity contribution in [1.82, 2.24) is 14.8 Å². The standard InChI is InChI=1S/C21H20N6O2S/c1-14-9-11-16(12-10-14)30(28,29)27-26-21-19(22)20(23-13-24-21)25-18-8-4-6-15-5-2-3-7-17(15)18/h2-13,27H,22H2,1H3,(H2,23,24,25,26). The maximum absolute atomic E-state index is 12.5. The Balaban J connectivity index is 1.56. The molecule has 9 heteroatoms. The summed E-state index contributed by atoms with van der Waals surface area (Å²) in [6.45, 7) is 1.88. The van der Waals surface area contributed by atoms with Crippen molar-refractivity contribution in [3.05, 3.63) is 78.6 Å². The number of fused-ring (bicyclic) bond motifs is 1. The monoisotopic (exact) mass is 420 g/mol. The molecule has 0 aliphatic heterocycles. The van der Waals surface area contributed by atoms with Crippen LogP contribution in [-0.2, 0) is 10.0 Å². The van der Waals surface area contributed by atoms with Gasteiger partial charge in [0, 0.05) is 11.1 Å². The number of rotatable bonds is 6. The Morgan fingerprint density at radius 1 is 0.867 bits per heavy atom. The third-order valence-electron chi connectivity index (χ3n) is 4.56. The molecule has 0 saturated carbocycles. The first-order chi connectivity index (χ1) is 14.4. The lowest BCUT2D eigenvalue weighted by Crippen LogP contribution is -2.30. The van der Waals surface area contributed by atoms with Crippen LogP contribution in [0.5, 0.6) is 0 Å². The fourth-order valence-corrected chi connectivity index (χ4v) is 3.79. The second kappa shape index (κ2) is 7.97. The van der Waals surface area contributed by atoms with Crippen molar-refractivity contribution < 1.29 is 8.42 Å². The molecule has 4 aromatic rings. The fraction of sp³-hybridized carbons (Fsp3) is 0.0476. The van der Waals surface area contributed by atoms with Gasteiger partial charge >= 0.3 is 0 Å². The van der Waals surface area contributed by atoms with Crippen LogP contribution in [0, 0.1) is 6.92 Å². The summed E-state index contributed by atoms with van der Waals surface area (Å²) < 4.78 is 25.0. The van der Waals surface area contributed by atoms with E-state index in [1.54, 1.807) is 12.1 Å². The Morgan fingerprint density at radius 2 is 1.57 bits per heavy atom. The Kier molecular flexibility index (Phi) is 5.21. The van der Waals surface area contributed by atoms with Gasteiger partial charge in [-0.3, -0.25) is 5.43 Å². The van der Waals surface area contributed by atoms with Gasteiger partial charge in [0.1, 0.15) is 12.0 Å². The van der Waals surface area contributed by atoms with Gasteiger partial charge in [0.05, 0.1) is 4.90 Å². The summed E-state index contributed by atoms with van der Waals surface area (Å²) in [6.07, 6.45) is 1.30. The minimum absolute atomic E-state index is 0.127. The van der Waals surface area contributed by atoms with Crippen molar-refractivity contribution in [1.29, 1.82) is 0 Å². The van der Waals surface area contributed by atoms with Gasteiger partial charge in [0.15, 0.2) is 11.6 Å². The van der Waals surface area contributed by atoms with Crippen molar-refractivity contribution in [2.75, 3.05) is 16.5 Å². The van der Waals surface area contributed by atoms with Gasteiger partial charge in [0.2, 0.25) is 0 Å². The highest BCUT2D eigenvalue weighted by atomic mass is 32.2. The number of anilines is 4. The lowest BCUT2D eigenvalue weighted by Gasteiger charge is -2.14. The van der Waals surface area contributed by atoms with Crippen molar-refractivity contribution in [2.24, 2.45) is 0 Å². The van der Waals surface area contributed by atoms with Gasteiger partial charge in [-0.05, 0) is 30.5 Å². The summed E-state index contributed by atoms with van der Waals surface area (Å²) >= 11 is 0. The largest absolute Gasteiger partial charge is 0.393 e. The highest BCUT2D eigenvalue weighted by Crippen LogP contribution is 2.29. The first-order valence-electron chi connectivity index (χ1n) is 9.14. The SMILES string of the molecule is Cc1ccc(S(=O)(=O)NNc2ncnc(Nc3cccc4ccccc34)c2N)cc1. The third kappa shape index (κ3) is 4.02. The number of nitrogens with one attached hydrogen (secondary N) is 3. The van der Waals surface area contributed by atoms with Crippen LogP contribution in [0.25, 0.3) is 10.8 Å². The summed E-state index contributed by atoms with van der Waals surface area (Å²) in [5.74, 6) is 0.502. The van der Waals surface area contributed by atoms with Crippen LogP contribution in [0.15, 0.2) is 78.0 Å². The molecule has 0 aliphatic carbocycles. The van der Waals surface area contributed by atoms with Gasteiger partial charge in [0.25, 0.3) is 10.0 Å². The molecule has 0 atom stereocenters. The van der Waals surface area contributed by atoms with E-state index < -0.39 is 10.0 Å². The maximum Gasteiger partial charge on any atom is 0.257 e.